The maximum atomic E-state index is 6.01. The van der Waals surface area contributed by atoms with Crippen molar-refractivity contribution in [3.63, 3.8) is 0 Å². The van der Waals surface area contributed by atoms with E-state index in [0.29, 0.717) is 12.1 Å². The third-order valence-corrected chi connectivity index (χ3v) is 4.22. The van der Waals surface area contributed by atoms with Crippen LogP contribution in [0.4, 0.5) is 0 Å². The average molecular weight is 258 g/mol. The number of likely N-dealkylation sites (tertiary alicyclic amines) is 1. The monoisotopic (exact) mass is 258 g/mol. The molecule has 0 spiro atoms. The highest BCUT2D eigenvalue weighted by atomic mass is 16.3. The van der Waals surface area contributed by atoms with Gasteiger partial charge in [-0.15, -0.1) is 0 Å². The number of benzene rings is 1. The molecule has 1 saturated heterocycles. The molecule has 0 amide bonds. The number of para-hydroxylation sites is 1. The normalized spacial score (nSPS) is 22.1. The Labute approximate surface area is 114 Å². The van der Waals surface area contributed by atoms with Crippen LogP contribution < -0.4 is 5.32 Å². The van der Waals surface area contributed by atoms with Crippen molar-refractivity contribution in [1.29, 1.82) is 0 Å². The van der Waals surface area contributed by atoms with Gasteiger partial charge in [0, 0.05) is 18.0 Å². The summed E-state index contributed by atoms with van der Waals surface area (Å²) in [7, 11) is 2.03. The van der Waals surface area contributed by atoms with Gasteiger partial charge in [-0.3, -0.25) is 4.90 Å². The van der Waals surface area contributed by atoms with E-state index in [-0.39, 0.29) is 0 Å². The molecule has 0 bridgehead atoms. The van der Waals surface area contributed by atoms with Gasteiger partial charge < -0.3 is 9.73 Å². The van der Waals surface area contributed by atoms with Crippen LogP contribution in [0.5, 0.6) is 0 Å². The highest BCUT2D eigenvalue weighted by Gasteiger charge is 2.30. The van der Waals surface area contributed by atoms with Gasteiger partial charge in [0.2, 0.25) is 0 Å². The molecular weight excluding hydrogens is 236 g/mol. The minimum Gasteiger partial charge on any atom is -0.459 e. The molecule has 1 fully saturated rings. The second-order valence-electron chi connectivity index (χ2n) is 5.45. The Bertz CT molecular complexity index is 515. The summed E-state index contributed by atoms with van der Waals surface area (Å²) in [5.74, 6) is 1.09. The minimum absolute atomic E-state index is 0.355. The molecular formula is C16H22N2O. The summed E-state index contributed by atoms with van der Waals surface area (Å²) in [6, 6.07) is 11.4. The molecule has 102 valence electrons. The van der Waals surface area contributed by atoms with Crippen LogP contribution in [0.1, 0.15) is 31.6 Å². The second-order valence-corrected chi connectivity index (χ2v) is 5.45. The lowest BCUT2D eigenvalue weighted by Crippen LogP contribution is -2.38. The summed E-state index contributed by atoms with van der Waals surface area (Å²) in [5, 5.41) is 4.50. The van der Waals surface area contributed by atoms with Crippen LogP contribution in [-0.4, -0.2) is 31.1 Å². The highest BCUT2D eigenvalue weighted by molar-refractivity contribution is 5.77. The van der Waals surface area contributed by atoms with Crippen LogP contribution in [0.15, 0.2) is 34.7 Å². The van der Waals surface area contributed by atoms with E-state index in [1.54, 1.807) is 0 Å². The standard InChI is InChI=1S/C16H22N2O/c1-12(18-9-5-7-14(18)11-17-2)16-10-13-6-3-4-8-15(13)19-16/h3-4,6,8,10,12,14,17H,5,7,9,11H2,1-2H3. The smallest absolute Gasteiger partial charge is 0.134 e. The van der Waals surface area contributed by atoms with E-state index in [1.807, 2.05) is 19.2 Å². The zero-order valence-electron chi connectivity index (χ0n) is 11.7. The van der Waals surface area contributed by atoms with Gasteiger partial charge in [-0.2, -0.15) is 0 Å². The number of nitrogens with one attached hydrogen (secondary N) is 1. The van der Waals surface area contributed by atoms with E-state index in [0.717, 1.165) is 17.9 Å². The number of fused-ring (bicyclic) bond motifs is 1. The maximum Gasteiger partial charge on any atom is 0.134 e. The molecule has 2 unspecified atom stereocenters. The van der Waals surface area contributed by atoms with E-state index in [4.69, 9.17) is 4.42 Å². The van der Waals surface area contributed by atoms with Gasteiger partial charge in [0.15, 0.2) is 0 Å². The number of nitrogens with zero attached hydrogens (tertiary/aromatic N) is 1. The summed E-state index contributed by atoms with van der Waals surface area (Å²) in [6.07, 6.45) is 2.57. The van der Waals surface area contributed by atoms with Gasteiger partial charge >= 0.3 is 0 Å². The van der Waals surface area contributed by atoms with Gasteiger partial charge in [-0.1, -0.05) is 18.2 Å². The number of likely N-dealkylation sites (N-methyl/N-ethyl adjacent to an activating group) is 1. The Balaban J connectivity index is 1.84. The lowest BCUT2D eigenvalue weighted by atomic mass is 10.1. The largest absolute Gasteiger partial charge is 0.459 e. The van der Waals surface area contributed by atoms with Crippen LogP contribution in [-0.2, 0) is 0 Å². The zero-order valence-corrected chi connectivity index (χ0v) is 11.7. The predicted octanol–water partition coefficient (Wildman–Crippen LogP) is 3.18. The molecule has 19 heavy (non-hydrogen) atoms. The van der Waals surface area contributed by atoms with Gasteiger partial charge in [-0.25, -0.2) is 0 Å². The fourth-order valence-corrected chi connectivity index (χ4v) is 3.19. The first-order chi connectivity index (χ1) is 9.29. The Kier molecular flexibility index (Phi) is 3.58. The van der Waals surface area contributed by atoms with Gasteiger partial charge in [0.1, 0.15) is 11.3 Å². The van der Waals surface area contributed by atoms with Crippen molar-refractivity contribution in [2.45, 2.75) is 31.8 Å². The molecule has 1 N–H and O–H groups in total. The lowest BCUT2D eigenvalue weighted by molar-refractivity contribution is 0.173. The quantitative estimate of drug-likeness (QED) is 0.913. The van der Waals surface area contributed by atoms with E-state index in [1.165, 1.54) is 24.8 Å². The number of hydrogen-bond donors (Lipinski definition) is 1. The maximum absolute atomic E-state index is 6.01. The Hall–Kier alpha value is -1.32. The van der Waals surface area contributed by atoms with Crippen molar-refractivity contribution in [2.24, 2.45) is 0 Å². The molecule has 0 radical (unpaired) electrons. The summed E-state index contributed by atoms with van der Waals surface area (Å²) in [5.41, 5.74) is 0.994. The summed E-state index contributed by atoms with van der Waals surface area (Å²) in [6.45, 7) is 4.49. The van der Waals surface area contributed by atoms with Gasteiger partial charge in [0.25, 0.3) is 0 Å². The molecule has 3 nitrogen and oxygen atoms in total. The molecule has 0 saturated carbocycles. The van der Waals surface area contributed by atoms with Crippen molar-refractivity contribution >= 4 is 11.0 Å². The van der Waals surface area contributed by atoms with E-state index in [2.05, 4.69) is 35.3 Å². The minimum atomic E-state index is 0.355. The fourth-order valence-electron chi connectivity index (χ4n) is 3.19. The molecule has 1 aromatic heterocycles. The van der Waals surface area contributed by atoms with Crippen LogP contribution in [0.2, 0.25) is 0 Å². The van der Waals surface area contributed by atoms with Crippen molar-refractivity contribution in [2.75, 3.05) is 20.1 Å². The van der Waals surface area contributed by atoms with Crippen molar-refractivity contribution in [3.05, 3.63) is 36.1 Å². The van der Waals surface area contributed by atoms with Crippen molar-refractivity contribution < 1.29 is 4.42 Å². The molecule has 2 atom stereocenters. The Morgan fingerprint density at radius 3 is 3.05 bits per heavy atom. The number of furan rings is 1. The highest BCUT2D eigenvalue weighted by Crippen LogP contribution is 2.32. The predicted molar refractivity (Wildman–Crippen MR) is 78.3 cm³/mol. The SMILES string of the molecule is CNCC1CCCN1C(C)c1cc2ccccc2o1. The topological polar surface area (TPSA) is 28.4 Å². The van der Waals surface area contributed by atoms with Gasteiger partial charge in [-0.05, 0) is 45.5 Å². The molecule has 3 rings (SSSR count). The van der Waals surface area contributed by atoms with Gasteiger partial charge in [0.05, 0.1) is 6.04 Å². The molecule has 3 heteroatoms. The molecule has 1 aromatic carbocycles. The number of rotatable bonds is 4. The first-order valence-electron chi connectivity index (χ1n) is 7.18. The molecule has 1 aliphatic rings. The fraction of sp³-hybridized carbons (Fsp3) is 0.500. The third-order valence-electron chi connectivity index (χ3n) is 4.22. The second kappa shape index (κ2) is 5.35. The molecule has 2 aromatic rings. The zero-order chi connectivity index (χ0) is 13.2. The molecule has 2 heterocycles. The lowest BCUT2D eigenvalue weighted by Gasteiger charge is -2.29. The van der Waals surface area contributed by atoms with E-state index in [9.17, 15) is 0 Å². The van der Waals surface area contributed by atoms with Crippen LogP contribution in [0.3, 0.4) is 0 Å². The van der Waals surface area contributed by atoms with E-state index >= 15 is 0 Å². The first kappa shape index (κ1) is 12.7. The summed E-state index contributed by atoms with van der Waals surface area (Å²) in [4.78, 5) is 2.56. The molecule has 0 aliphatic carbocycles. The summed E-state index contributed by atoms with van der Waals surface area (Å²) >= 11 is 0. The van der Waals surface area contributed by atoms with Crippen molar-refractivity contribution in [3.8, 4) is 0 Å². The first-order valence-corrected chi connectivity index (χ1v) is 7.18. The number of hydrogen-bond acceptors (Lipinski definition) is 3. The molecule has 1 aliphatic heterocycles. The van der Waals surface area contributed by atoms with Crippen LogP contribution in [0, 0.1) is 0 Å². The average Bonchev–Trinajstić information content (AvgIpc) is 3.04. The van der Waals surface area contributed by atoms with Crippen molar-refractivity contribution in [1.82, 2.24) is 10.2 Å². The Morgan fingerprint density at radius 2 is 2.26 bits per heavy atom. The third kappa shape index (κ3) is 2.40. The van der Waals surface area contributed by atoms with Crippen LogP contribution in [0.25, 0.3) is 11.0 Å². The Morgan fingerprint density at radius 1 is 1.42 bits per heavy atom. The van der Waals surface area contributed by atoms with E-state index < -0.39 is 0 Å². The van der Waals surface area contributed by atoms with Crippen LogP contribution >= 0.6 is 0 Å². The summed E-state index contributed by atoms with van der Waals surface area (Å²) < 4.78 is 6.01.